The van der Waals surface area contributed by atoms with Crippen molar-refractivity contribution in [1.29, 1.82) is 0 Å². The minimum Gasteiger partial charge on any atom is -0.393 e. The predicted octanol–water partition coefficient (Wildman–Crippen LogP) is 2.37. The van der Waals surface area contributed by atoms with E-state index in [2.05, 4.69) is 15.9 Å². The van der Waals surface area contributed by atoms with Gasteiger partial charge in [0.2, 0.25) is 0 Å². The first-order valence-electron chi connectivity index (χ1n) is 3.61. The zero-order chi connectivity index (χ0) is 8.27. The largest absolute Gasteiger partial charge is 0.393 e. The Labute approximate surface area is 75.2 Å². The molecule has 0 fully saturated rings. The summed E-state index contributed by atoms with van der Waals surface area (Å²) in [6.07, 6.45) is 0.462. The SMILES string of the molecule is C[C@H](O)Cc1cccc(Br)c1. The number of aliphatic hydroxyl groups is 1. The van der Waals surface area contributed by atoms with Crippen LogP contribution in [-0.2, 0) is 6.42 Å². The molecule has 1 atom stereocenters. The van der Waals surface area contributed by atoms with E-state index in [1.807, 2.05) is 24.3 Å². The highest BCUT2D eigenvalue weighted by Gasteiger charge is 1.98. The molecular weight excluding hydrogens is 204 g/mol. The number of aliphatic hydroxyl groups excluding tert-OH is 1. The number of halogens is 1. The van der Waals surface area contributed by atoms with Crippen molar-refractivity contribution in [3.63, 3.8) is 0 Å². The fourth-order valence-electron chi connectivity index (χ4n) is 1.01. The molecule has 1 aromatic carbocycles. The van der Waals surface area contributed by atoms with Gasteiger partial charge in [0.05, 0.1) is 6.10 Å². The van der Waals surface area contributed by atoms with Gasteiger partial charge in [0.1, 0.15) is 0 Å². The second-order valence-electron chi connectivity index (χ2n) is 2.68. The summed E-state index contributed by atoms with van der Waals surface area (Å²) in [5, 5.41) is 9.08. The maximum Gasteiger partial charge on any atom is 0.0552 e. The van der Waals surface area contributed by atoms with E-state index in [0.29, 0.717) is 0 Å². The maximum atomic E-state index is 9.08. The van der Waals surface area contributed by atoms with Crippen LogP contribution in [0.25, 0.3) is 0 Å². The van der Waals surface area contributed by atoms with Crippen molar-refractivity contribution >= 4 is 15.9 Å². The van der Waals surface area contributed by atoms with Crippen LogP contribution >= 0.6 is 15.9 Å². The van der Waals surface area contributed by atoms with Gasteiger partial charge in [-0.3, -0.25) is 0 Å². The number of hydrogen-bond acceptors (Lipinski definition) is 1. The molecule has 1 aromatic rings. The Morgan fingerprint density at radius 2 is 2.27 bits per heavy atom. The van der Waals surface area contributed by atoms with Gasteiger partial charge in [0.25, 0.3) is 0 Å². The quantitative estimate of drug-likeness (QED) is 0.802. The van der Waals surface area contributed by atoms with Gasteiger partial charge in [-0.25, -0.2) is 0 Å². The van der Waals surface area contributed by atoms with Gasteiger partial charge in [-0.2, -0.15) is 0 Å². The first kappa shape index (κ1) is 8.75. The zero-order valence-corrected chi connectivity index (χ0v) is 8.01. The van der Waals surface area contributed by atoms with Gasteiger partial charge in [0.15, 0.2) is 0 Å². The normalized spacial score (nSPS) is 13.0. The molecule has 0 spiro atoms. The fraction of sp³-hybridized carbons (Fsp3) is 0.333. The van der Waals surface area contributed by atoms with Crippen molar-refractivity contribution in [3.8, 4) is 0 Å². The lowest BCUT2D eigenvalue weighted by Gasteiger charge is -2.03. The van der Waals surface area contributed by atoms with Crippen LogP contribution in [0.3, 0.4) is 0 Å². The van der Waals surface area contributed by atoms with Crippen molar-refractivity contribution in [1.82, 2.24) is 0 Å². The van der Waals surface area contributed by atoms with Crippen LogP contribution in [0, 0.1) is 0 Å². The Hall–Kier alpha value is -0.340. The van der Waals surface area contributed by atoms with E-state index in [9.17, 15) is 0 Å². The third-order valence-electron chi connectivity index (χ3n) is 1.42. The molecular formula is C9H11BrO. The predicted molar refractivity (Wildman–Crippen MR) is 49.5 cm³/mol. The van der Waals surface area contributed by atoms with Gasteiger partial charge in [0, 0.05) is 4.47 Å². The highest BCUT2D eigenvalue weighted by atomic mass is 79.9. The summed E-state index contributed by atoms with van der Waals surface area (Å²) < 4.78 is 1.07. The maximum absolute atomic E-state index is 9.08. The lowest BCUT2D eigenvalue weighted by Crippen LogP contribution is -2.03. The van der Waals surface area contributed by atoms with E-state index in [0.717, 1.165) is 16.5 Å². The highest BCUT2D eigenvalue weighted by molar-refractivity contribution is 9.10. The topological polar surface area (TPSA) is 20.2 Å². The minimum atomic E-state index is -0.260. The molecule has 0 saturated carbocycles. The van der Waals surface area contributed by atoms with Gasteiger partial charge in [-0.05, 0) is 31.0 Å². The summed E-state index contributed by atoms with van der Waals surface area (Å²) in [4.78, 5) is 0. The molecule has 0 heterocycles. The Morgan fingerprint density at radius 1 is 1.55 bits per heavy atom. The second kappa shape index (κ2) is 3.88. The molecule has 0 bridgehead atoms. The van der Waals surface area contributed by atoms with Crippen LogP contribution in [0.4, 0.5) is 0 Å². The first-order valence-corrected chi connectivity index (χ1v) is 4.40. The Balaban J connectivity index is 2.71. The van der Waals surface area contributed by atoms with Crippen LogP contribution in [0.1, 0.15) is 12.5 Å². The number of hydrogen-bond donors (Lipinski definition) is 1. The van der Waals surface area contributed by atoms with E-state index < -0.39 is 0 Å². The van der Waals surface area contributed by atoms with E-state index in [4.69, 9.17) is 5.11 Å². The average Bonchev–Trinajstić information content (AvgIpc) is 1.85. The average molecular weight is 215 g/mol. The van der Waals surface area contributed by atoms with Gasteiger partial charge >= 0.3 is 0 Å². The monoisotopic (exact) mass is 214 g/mol. The van der Waals surface area contributed by atoms with E-state index in [1.54, 1.807) is 6.92 Å². The van der Waals surface area contributed by atoms with Crippen molar-refractivity contribution in [3.05, 3.63) is 34.3 Å². The van der Waals surface area contributed by atoms with Crippen LogP contribution in [0.15, 0.2) is 28.7 Å². The molecule has 0 aliphatic rings. The van der Waals surface area contributed by atoms with Gasteiger partial charge in [-0.15, -0.1) is 0 Å². The summed E-state index contributed by atoms with van der Waals surface area (Å²) in [6.45, 7) is 1.79. The first-order chi connectivity index (χ1) is 5.18. The van der Waals surface area contributed by atoms with Crippen molar-refractivity contribution in [2.45, 2.75) is 19.4 Å². The fourth-order valence-corrected chi connectivity index (χ4v) is 1.45. The smallest absolute Gasteiger partial charge is 0.0552 e. The molecule has 0 aliphatic carbocycles. The molecule has 0 aliphatic heterocycles. The van der Waals surface area contributed by atoms with Crippen LogP contribution in [-0.4, -0.2) is 11.2 Å². The molecule has 0 saturated heterocycles. The zero-order valence-electron chi connectivity index (χ0n) is 6.42. The van der Waals surface area contributed by atoms with Gasteiger partial charge < -0.3 is 5.11 Å². The standard InChI is InChI=1S/C9H11BrO/c1-7(11)5-8-3-2-4-9(10)6-8/h2-4,6-7,11H,5H2,1H3/t7-/m0/s1. The number of rotatable bonds is 2. The molecule has 2 heteroatoms. The van der Waals surface area contributed by atoms with Crippen LogP contribution in [0.5, 0.6) is 0 Å². The van der Waals surface area contributed by atoms with Gasteiger partial charge in [-0.1, -0.05) is 28.1 Å². The van der Waals surface area contributed by atoms with E-state index in [-0.39, 0.29) is 6.10 Å². The van der Waals surface area contributed by atoms with Crippen LogP contribution in [0.2, 0.25) is 0 Å². The summed E-state index contributed by atoms with van der Waals surface area (Å²) in [6, 6.07) is 7.98. The van der Waals surface area contributed by atoms with Crippen molar-refractivity contribution < 1.29 is 5.11 Å². The molecule has 0 aromatic heterocycles. The third kappa shape index (κ3) is 3.04. The molecule has 60 valence electrons. The molecule has 1 nitrogen and oxygen atoms in total. The number of benzene rings is 1. The molecule has 1 rings (SSSR count). The summed E-state index contributed by atoms with van der Waals surface area (Å²) >= 11 is 3.37. The Kier molecular flexibility index (Phi) is 3.09. The lowest BCUT2D eigenvalue weighted by molar-refractivity contribution is 0.195. The molecule has 0 amide bonds. The lowest BCUT2D eigenvalue weighted by atomic mass is 10.1. The molecule has 11 heavy (non-hydrogen) atoms. The summed E-state index contributed by atoms with van der Waals surface area (Å²) in [7, 11) is 0. The van der Waals surface area contributed by atoms with E-state index in [1.165, 1.54) is 0 Å². The molecule has 1 N–H and O–H groups in total. The van der Waals surface area contributed by atoms with Crippen molar-refractivity contribution in [2.24, 2.45) is 0 Å². The highest BCUT2D eigenvalue weighted by Crippen LogP contribution is 2.12. The van der Waals surface area contributed by atoms with Crippen molar-refractivity contribution in [2.75, 3.05) is 0 Å². The molecule has 0 unspecified atom stereocenters. The molecule has 0 radical (unpaired) electrons. The summed E-state index contributed by atoms with van der Waals surface area (Å²) in [5.74, 6) is 0. The van der Waals surface area contributed by atoms with Crippen LogP contribution < -0.4 is 0 Å². The Bertz CT molecular complexity index is 233. The Morgan fingerprint density at radius 3 is 2.82 bits per heavy atom. The minimum absolute atomic E-state index is 0.260. The summed E-state index contributed by atoms with van der Waals surface area (Å²) in [5.41, 5.74) is 1.16. The third-order valence-corrected chi connectivity index (χ3v) is 1.91. The second-order valence-corrected chi connectivity index (χ2v) is 3.60. The van der Waals surface area contributed by atoms with E-state index >= 15 is 0 Å².